The van der Waals surface area contributed by atoms with Crippen molar-refractivity contribution in [1.82, 2.24) is 20.1 Å². The molecule has 16 heavy (non-hydrogen) atoms. The van der Waals surface area contributed by atoms with Gasteiger partial charge >= 0.3 is 5.69 Å². The summed E-state index contributed by atoms with van der Waals surface area (Å²) in [5.41, 5.74) is -0.147. The minimum atomic E-state index is -0.147. The first-order valence-corrected chi connectivity index (χ1v) is 6.63. The molecule has 0 radical (unpaired) electrons. The van der Waals surface area contributed by atoms with Crippen LogP contribution in [0.3, 0.4) is 0 Å². The van der Waals surface area contributed by atoms with Crippen LogP contribution in [0.2, 0.25) is 0 Å². The van der Waals surface area contributed by atoms with Crippen molar-refractivity contribution in [1.29, 1.82) is 0 Å². The van der Waals surface area contributed by atoms with Gasteiger partial charge in [-0.25, -0.2) is 9.89 Å². The number of hydrogen-bond donors (Lipinski definition) is 2. The molecule has 1 heterocycles. The summed E-state index contributed by atoms with van der Waals surface area (Å²) in [7, 11) is 1.74. The lowest BCUT2D eigenvalue weighted by Gasteiger charge is -2.10. The highest BCUT2D eigenvalue weighted by molar-refractivity contribution is 7.99. The molecular weight excluding hydrogens is 224 g/mol. The van der Waals surface area contributed by atoms with Crippen molar-refractivity contribution in [3.63, 3.8) is 0 Å². The van der Waals surface area contributed by atoms with Gasteiger partial charge in [0, 0.05) is 18.8 Å². The third-order valence-corrected chi connectivity index (χ3v) is 4.03. The van der Waals surface area contributed by atoms with Crippen LogP contribution in [0.1, 0.15) is 19.8 Å². The Morgan fingerprint density at radius 2 is 2.44 bits per heavy atom. The molecule has 2 rings (SSSR count). The number of nitrogens with one attached hydrogen (secondary N) is 2. The Hall–Kier alpha value is -0.750. The van der Waals surface area contributed by atoms with Gasteiger partial charge in [-0.15, -0.1) is 5.10 Å². The SMILES string of the molecule is CC(CNC1CC1)CSc1n[nH]c(=O)n1C. The van der Waals surface area contributed by atoms with E-state index in [0.717, 1.165) is 23.5 Å². The van der Waals surface area contributed by atoms with Gasteiger partial charge in [0.15, 0.2) is 5.16 Å². The van der Waals surface area contributed by atoms with Crippen LogP contribution < -0.4 is 11.0 Å². The van der Waals surface area contributed by atoms with Crippen LogP contribution in [0.5, 0.6) is 0 Å². The van der Waals surface area contributed by atoms with Gasteiger partial charge in [-0.1, -0.05) is 18.7 Å². The van der Waals surface area contributed by atoms with E-state index in [1.165, 1.54) is 12.8 Å². The van der Waals surface area contributed by atoms with Gasteiger partial charge in [0.25, 0.3) is 0 Å². The first kappa shape index (κ1) is 11.7. The highest BCUT2D eigenvalue weighted by Crippen LogP contribution is 2.20. The van der Waals surface area contributed by atoms with Crippen LogP contribution in [0.4, 0.5) is 0 Å². The second-order valence-electron chi connectivity index (χ2n) is 4.47. The Morgan fingerprint density at radius 3 is 3.00 bits per heavy atom. The molecule has 1 aromatic heterocycles. The largest absolute Gasteiger partial charge is 0.343 e. The summed E-state index contributed by atoms with van der Waals surface area (Å²) in [4.78, 5) is 11.1. The molecule has 0 bridgehead atoms. The molecule has 1 aliphatic carbocycles. The van der Waals surface area contributed by atoms with Gasteiger partial charge in [0.1, 0.15) is 0 Å². The highest BCUT2D eigenvalue weighted by Gasteiger charge is 2.20. The van der Waals surface area contributed by atoms with E-state index < -0.39 is 0 Å². The van der Waals surface area contributed by atoms with Crippen LogP contribution >= 0.6 is 11.8 Å². The number of aromatic nitrogens is 3. The summed E-state index contributed by atoms with van der Waals surface area (Å²) >= 11 is 1.63. The molecule has 0 spiro atoms. The molecule has 6 heteroatoms. The fourth-order valence-corrected chi connectivity index (χ4v) is 2.33. The molecule has 1 fully saturated rings. The molecule has 5 nitrogen and oxygen atoms in total. The Bertz CT molecular complexity index is 396. The van der Waals surface area contributed by atoms with Crippen molar-refractivity contribution in [2.45, 2.75) is 31.0 Å². The van der Waals surface area contributed by atoms with E-state index in [9.17, 15) is 4.79 Å². The van der Waals surface area contributed by atoms with E-state index in [2.05, 4.69) is 22.4 Å². The summed E-state index contributed by atoms with van der Waals surface area (Å²) in [5.74, 6) is 1.58. The molecule has 0 aromatic carbocycles. The van der Waals surface area contributed by atoms with E-state index >= 15 is 0 Å². The third-order valence-electron chi connectivity index (χ3n) is 2.67. The smallest absolute Gasteiger partial charge is 0.314 e. The number of aromatic amines is 1. The number of thioether (sulfide) groups is 1. The number of rotatable bonds is 6. The predicted molar refractivity (Wildman–Crippen MR) is 64.7 cm³/mol. The second kappa shape index (κ2) is 5.05. The quantitative estimate of drug-likeness (QED) is 0.717. The topological polar surface area (TPSA) is 62.7 Å². The summed E-state index contributed by atoms with van der Waals surface area (Å²) in [6, 6.07) is 0.766. The molecule has 1 saturated carbocycles. The summed E-state index contributed by atoms with van der Waals surface area (Å²) < 4.78 is 1.55. The van der Waals surface area contributed by atoms with Gasteiger partial charge in [-0.2, -0.15) is 0 Å². The van der Waals surface area contributed by atoms with Gasteiger partial charge < -0.3 is 5.32 Å². The average molecular weight is 242 g/mol. The highest BCUT2D eigenvalue weighted by atomic mass is 32.2. The summed E-state index contributed by atoms with van der Waals surface area (Å²) in [6.07, 6.45) is 2.65. The van der Waals surface area contributed by atoms with Crippen LogP contribution in [-0.2, 0) is 7.05 Å². The second-order valence-corrected chi connectivity index (χ2v) is 5.46. The third kappa shape index (κ3) is 3.12. The molecule has 1 atom stereocenters. The average Bonchev–Trinajstić information content (AvgIpc) is 3.04. The molecule has 0 amide bonds. The lowest BCUT2D eigenvalue weighted by atomic mass is 10.2. The van der Waals surface area contributed by atoms with E-state index in [1.54, 1.807) is 23.4 Å². The van der Waals surface area contributed by atoms with E-state index in [-0.39, 0.29) is 5.69 Å². The molecule has 1 unspecified atom stereocenters. The molecule has 0 saturated heterocycles. The Balaban J connectivity index is 1.73. The summed E-state index contributed by atoms with van der Waals surface area (Å²) in [5, 5.41) is 10.7. The van der Waals surface area contributed by atoms with Gasteiger partial charge in [-0.3, -0.25) is 4.57 Å². The standard InChI is InChI=1S/C10H18N4OS/c1-7(5-11-8-3-4-8)6-16-10-13-12-9(15)14(10)2/h7-8,11H,3-6H2,1-2H3,(H,12,15). The van der Waals surface area contributed by atoms with Crippen LogP contribution in [0, 0.1) is 5.92 Å². The van der Waals surface area contributed by atoms with Crippen LogP contribution in [-0.4, -0.2) is 33.1 Å². The maximum Gasteiger partial charge on any atom is 0.343 e. The van der Waals surface area contributed by atoms with Gasteiger partial charge in [0.05, 0.1) is 0 Å². The first-order valence-electron chi connectivity index (χ1n) is 5.64. The zero-order valence-corrected chi connectivity index (χ0v) is 10.5. The molecule has 2 N–H and O–H groups in total. The maximum absolute atomic E-state index is 11.1. The fourth-order valence-electron chi connectivity index (χ4n) is 1.39. The first-order chi connectivity index (χ1) is 7.66. The lowest BCUT2D eigenvalue weighted by molar-refractivity contribution is 0.556. The maximum atomic E-state index is 11.1. The zero-order valence-electron chi connectivity index (χ0n) is 9.69. The summed E-state index contributed by atoms with van der Waals surface area (Å²) in [6.45, 7) is 3.27. The van der Waals surface area contributed by atoms with Crippen molar-refractivity contribution in [2.75, 3.05) is 12.3 Å². The minimum absolute atomic E-state index is 0.147. The van der Waals surface area contributed by atoms with Gasteiger partial charge in [0.2, 0.25) is 0 Å². The Labute approximate surface area is 99.0 Å². The predicted octanol–water partition coefficient (Wildman–Crippen LogP) is 0.589. The van der Waals surface area contributed by atoms with Crippen molar-refractivity contribution in [3.05, 3.63) is 10.5 Å². The van der Waals surface area contributed by atoms with Crippen molar-refractivity contribution < 1.29 is 0 Å². The normalized spacial score (nSPS) is 17.6. The van der Waals surface area contributed by atoms with Crippen molar-refractivity contribution >= 4 is 11.8 Å². The number of H-pyrrole nitrogens is 1. The van der Waals surface area contributed by atoms with E-state index in [4.69, 9.17) is 0 Å². The van der Waals surface area contributed by atoms with Crippen LogP contribution in [0.25, 0.3) is 0 Å². The Kier molecular flexibility index (Phi) is 3.70. The van der Waals surface area contributed by atoms with Crippen LogP contribution in [0.15, 0.2) is 9.95 Å². The zero-order chi connectivity index (χ0) is 11.5. The lowest BCUT2D eigenvalue weighted by Crippen LogP contribution is -2.24. The monoisotopic (exact) mass is 242 g/mol. The molecule has 1 aliphatic rings. The minimum Gasteiger partial charge on any atom is -0.314 e. The molecule has 1 aromatic rings. The van der Waals surface area contributed by atoms with E-state index in [0.29, 0.717) is 5.92 Å². The number of nitrogens with zero attached hydrogens (tertiary/aromatic N) is 2. The molecule has 90 valence electrons. The fraction of sp³-hybridized carbons (Fsp3) is 0.800. The Morgan fingerprint density at radius 1 is 1.69 bits per heavy atom. The molecule has 0 aliphatic heterocycles. The number of hydrogen-bond acceptors (Lipinski definition) is 4. The van der Waals surface area contributed by atoms with Crippen molar-refractivity contribution in [3.8, 4) is 0 Å². The molecular formula is C10H18N4OS. The van der Waals surface area contributed by atoms with Gasteiger partial charge in [-0.05, 0) is 25.3 Å². The van der Waals surface area contributed by atoms with E-state index in [1.807, 2.05) is 0 Å². The van der Waals surface area contributed by atoms with Crippen molar-refractivity contribution in [2.24, 2.45) is 13.0 Å².